The highest BCUT2D eigenvalue weighted by Gasteiger charge is 2.41. The Morgan fingerprint density at radius 1 is 0.603 bits per heavy atom. The second-order valence-corrected chi connectivity index (χ2v) is 20.3. The number of carbonyl (C=O) groups is 1. The van der Waals surface area contributed by atoms with Gasteiger partial charge in [0, 0.05) is 31.8 Å². The zero-order valence-electron chi connectivity index (χ0n) is 45.3. The predicted molar refractivity (Wildman–Crippen MR) is 286 cm³/mol. The third kappa shape index (κ3) is 31.5. The molecule has 2 aliphatic heterocycles. The van der Waals surface area contributed by atoms with Crippen molar-refractivity contribution >= 4 is 5.91 Å². The maximum Gasteiger partial charge on any atom is 0.234 e. The predicted octanol–water partition coefficient (Wildman–Crippen LogP) is 14.6. The van der Waals surface area contributed by atoms with Crippen molar-refractivity contribution in [3.05, 3.63) is 48.6 Å². The molecule has 0 radical (unpaired) electrons. The Bertz CT molecular complexity index is 1240. The van der Waals surface area contributed by atoms with Crippen LogP contribution in [0.2, 0.25) is 0 Å². The zero-order valence-corrected chi connectivity index (χ0v) is 45.3. The van der Waals surface area contributed by atoms with Crippen molar-refractivity contribution in [2.75, 3.05) is 66.3 Å². The molecule has 0 bridgehead atoms. The zero-order chi connectivity index (χ0) is 49.2. The summed E-state index contributed by atoms with van der Waals surface area (Å²) in [7, 11) is 2.00. The van der Waals surface area contributed by atoms with E-state index in [0.717, 1.165) is 44.9 Å². The fraction of sp³-hybridized carbons (Fsp3) is 0.847. The summed E-state index contributed by atoms with van der Waals surface area (Å²) in [5.41, 5.74) is 0. The Balaban J connectivity index is 1.63. The molecule has 2 rings (SSSR count). The first kappa shape index (κ1) is 62.3. The van der Waals surface area contributed by atoms with Crippen LogP contribution in [-0.2, 0) is 33.2 Å². The molecule has 6 atom stereocenters. The van der Waals surface area contributed by atoms with E-state index in [9.17, 15) is 4.79 Å². The number of nitrogens with one attached hydrogen (secondary N) is 1. The Morgan fingerprint density at radius 2 is 1.09 bits per heavy atom. The van der Waals surface area contributed by atoms with Crippen LogP contribution in [0.25, 0.3) is 0 Å². The SMILES string of the molecule is CCCCCC=CCC=CCCCCCCCCC1(CCCCCCCCC=CCC=CCCCCC)OCC(CN(C)CC(=O)NCCOCCOCCOC2OC(CC)C(C)C(C)C2C)O1. The summed E-state index contributed by atoms with van der Waals surface area (Å²) in [6.45, 7) is 18.0. The van der Waals surface area contributed by atoms with E-state index in [-0.39, 0.29) is 24.4 Å². The Hall–Kier alpha value is -1.85. The smallest absolute Gasteiger partial charge is 0.234 e. The highest BCUT2D eigenvalue weighted by Crippen LogP contribution is 2.37. The van der Waals surface area contributed by atoms with Crippen LogP contribution in [0.4, 0.5) is 0 Å². The number of unbranched alkanes of at least 4 members (excludes halogenated alkanes) is 18. The number of hydrogen-bond donors (Lipinski definition) is 1. The molecular formula is C59H108N2O7. The van der Waals surface area contributed by atoms with Crippen molar-refractivity contribution in [3.8, 4) is 0 Å². The number of hydrogen-bond acceptors (Lipinski definition) is 8. The number of allylic oxidation sites excluding steroid dienone is 8. The van der Waals surface area contributed by atoms with E-state index < -0.39 is 5.79 Å². The molecular weight excluding hydrogens is 849 g/mol. The average molecular weight is 958 g/mol. The molecule has 2 heterocycles. The van der Waals surface area contributed by atoms with Gasteiger partial charge in [0.15, 0.2) is 12.1 Å². The van der Waals surface area contributed by atoms with Gasteiger partial charge in [-0.25, -0.2) is 0 Å². The van der Waals surface area contributed by atoms with Gasteiger partial charge < -0.3 is 33.7 Å². The van der Waals surface area contributed by atoms with E-state index in [1.54, 1.807) is 0 Å². The number of ether oxygens (including phenoxy) is 6. The summed E-state index contributed by atoms with van der Waals surface area (Å²) in [6, 6.07) is 0. The third-order valence-corrected chi connectivity index (χ3v) is 14.2. The lowest BCUT2D eigenvalue weighted by Gasteiger charge is -2.43. The standard InChI is InChI=1S/C59H108N2O7/c1-8-11-13-15-17-19-21-23-25-27-29-31-33-35-37-39-41-59(42-40-38-36-34-32-30-28-26-24-22-20-18-16-14-12-9-2)66-51-55(68-59)49-61(7)50-57(62)60-43-44-63-45-46-64-47-48-65-58-54(6)52(4)53(5)56(10-3)67-58/h17-20,23-26,52-56,58H,8-16,21-22,27-51H2,1-7H3,(H,60,62). The number of nitrogens with zero attached hydrogens (tertiary/aromatic N) is 1. The minimum Gasteiger partial charge on any atom is -0.377 e. The lowest BCUT2D eigenvalue weighted by atomic mass is 9.78. The van der Waals surface area contributed by atoms with Crippen LogP contribution in [0.3, 0.4) is 0 Å². The Labute approximate surface area is 419 Å². The molecule has 1 amide bonds. The lowest BCUT2D eigenvalue weighted by Crippen LogP contribution is -2.45. The van der Waals surface area contributed by atoms with Gasteiger partial charge in [0.2, 0.25) is 5.91 Å². The Kier molecular flexibility index (Phi) is 39.2. The molecule has 2 fully saturated rings. The second kappa shape index (κ2) is 42.8. The van der Waals surface area contributed by atoms with Gasteiger partial charge in [-0.1, -0.05) is 167 Å². The summed E-state index contributed by atoms with van der Waals surface area (Å²) in [6.07, 6.45) is 51.6. The van der Waals surface area contributed by atoms with Gasteiger partial charge in [-0.15, -0.1) is 0 Å². The van der Waals surface area contributed by atoms with Gasteiger partial charge in [-0.05, 0) is 102 Å². The van der Waals surface area contributed by atoms with Crippen molar-refractivity contribution in [1.29, 1.82) is 0 Å². The molecule has 2 saturated heterocycles. The molecule has 0 spiro atoms. The molecule has 9 heteroatoms. The lowest BCUT2D eigenvalue weighted by molar-refractivity contribution is -0.251. The van der Waals surface area contributed by atoms with Gasteiger partial charge in [-0.2, -0.15) is 0 Å². The van der Waals surface area contributed by atoms with E-state index >= 15 is 0 Å². The summed E-state index contributed by atoms with van der Waals surface area (Å²) in [5, 5.41) is 3.00. The fourth-order valence-corrected chi connectivity index (χ4v) is 9.52. The molecule has 9 nitrogen and oxygen atoms in total. The van der Waals surface area contributed by atoms with E-state index in [4.69, 9.17) is 28.4 Å². The van der Waals surface area contributed by atoms with Crippen LogP contribution in [0.5, 0.6) is 0 Å². The summed E-state index contributed by atoms with van der Waals surface area (Å²) < 4.78 is 37.1. The van der Waals surface area contributed by atoms with Crippen molar-refractivity contribution in [2.24, 2.45) is 17.8 Å². The van der Waals surface area contributed by atoms with Gasteiger partial charge >= 0.3 is 0 Å². The van der Waals surface area contributed by atoms with Gasteiger partial charge in [0.25, 0.3) is 0 Å². The van der Waals surface area contributed by atoms with Crippen LogP contribution in [0.1, 0.15) is 215 Å². The molecule has 0 aliphatic carbocycles. The number of carbonyl (C=O) groups excluding carboxylic acids is 1. The molecule has 0 saturated carbocycles. The van der Waals surface area contributed by atoms with Crippen molar-refractivity contribution < 1.29 is 33.2 Å². The maximum atomic E-state index is 12.8. The first-order chi connectivity index (χ1) is 33.2. The average Bonchev–Trinajstić information content (AvgIpc) is 3.73. The molecule has 0 aromatic heterocycles. The summed E-state index contributed by atoms with van der Waals surface area (Å²) in [5.74, 6) is 0.957. The Morgan fingerprint density at radius 3 is 1.62 bits per heavy atom. The quantitative estimate of drug-likeness (QED) is 0.0477. The molecule has 2 aliphatic rings. The molecule has 68 heavy (non-hydrogen) atoms. The van der Waals surface area contributed by atoms with Crippen LogP contribution >= 0.6 is 0 Å². The number of amides is 1. The van der Waals surface area contributed by atoms with Gasteiger partial charge in [-0.3, -0.25) is 9.69 Å². The molecule has 6 unspecified atom stereocenters. The summed E-state index contributed by atoms with van der Waals surface area (Å²) >= 11 is 0. The first-order valence-corrected chi connectivity index (χ1v) is 28.5. The number of rotatable bonds is 45. The van der Waals surface area contributed by atoms with Crippen LogP contribution in [-0.4, -0.2) is 101 Å². The molecule has 1 N–H and O–H groups in total. The van der Waals surface area contributed by atoms with Crippen molar-refractivity contribution in [1.82, 2.24) is 10.2 Å². The van der Waals surface area contributed by atoms with Gasteiger partial charge in [0.05, 0.1) is 58.4 Å². The minimum atomic E-state index is -0.496. The van der Waals surface area contributed by atoms with Gasteiger partial charge in [0.1, 0.15) is 0 Å². The highest BCUT2D eigenvalue weighted by molar-refractivity contribution is 5.77. The maximum absolute atomic E-state index is 12.8. The molecule has 0 aromatic carbocycles. The molecule has 396 valence electrons. The van der Waals surface area contributed by atoms with E-state index in [1.165, 1.54) is 128 Å². The molecule has 0 aromatic rings. The van der Waals surface area contributed by atoms with Crippen LogP contribution < -0.4 is 5.32 Å². The number of likely N-dealkylation sites (N-methyl/N-ethyl adjacent to an activating group) is 1. The minimum absolute atomic E-state index is 0.00875. The largest absolute Gasteiger partial charge is 0.377 e. The van der Waals surface area contributed by atoms with Crippen LogP contribution in [0, 0.1) is 17.8 Å². The third-order valence-electron chi connectivity index (χ3n) is 14.2. The highest BCUT2D eigenvalue weighted by atomic mass is 16.7. The van der Waals surface area contributed by atoms with Crippen LogP contribution in [0.15, 0.2) is 48.6 Å². The monoisotopic (exact) mass is 957 g/mol. The van der Waals surface area contributed by atoms with E-state index in [2.05, 4.69) is 100 Å². The van der Waals surface area contributed by atoms with Crippen molar-refractivity contribution in [3.63, 3.8) is 0 Å². The fourth-order valence-electron chi connectivity index (χ4n) is 9.52. The van der Waals surface area contributed by atoms with E-state index in [1.807, 2.05) is 7.05 Å². The first-order valence-electron chi connectivity index (χ1n) is 28.5. The van der Waals surface area contributed by atoms with E-state index in [0.29, 0.717) is 77.0 Å². The normalized spacial score (nSPS) is 23.5. The second-order valence-electron chi connectivity index (χ2n) is 20.3. The topological polar surface area (TPSA) is 87.7 Å². The summed E-state index contributed by atoms with van der Waals surface area (Å²) in [4.78, 5) is 14.9. The van der Waals surface area contributed by atoms with Crippen molar-refractivity contribution in [2.45, 2.75) is 239 Å².